The first-order chi connectivity index (χ1) is 5.36. The van der Waals surface area contributed by atoms with Crippen LogP contribution in [0.1, 0.15) is 13.8 Å². The van der Waals surface area contributed by atoms with Gasteiger partial charge in [0.25, 0.3) is 0 Å². The molecule has 0 saturated carbocycles. The van der Waals surface area contributed by atoms with Crippen molar-refractivity contribution in [1.29, 1.82) is 0 Å². The molecule has 1 aromatic rings. The van der Waals surface area contributed by atoms with Crippen molar-refractivity contribution in [3.8, 4) is 0 Å². The molecule has 0 atom stereocenters. The van der Waals surface area contributed by atoms with Gasteiger partial charge in [-0.15, -0.1) is 0 Å². The van der Waals surface area contributed by atoms with Gasteiger partial charge in [-0.2, -0.15) is 5.10 Å². The maximum atomic E-state index is 4.13. The number of hydrogen-bond donors (Lipinski definition) is 0. The molecule has 62 valence electrons. The van der Waals surface area contributed by atoms with Gasteiger partial charge in [-0.1, -0.05) is 13.8 Å². The zero-order chi connectivity index (χ0) is 8.10. The van der Waals surface area contributed by atoms with Crippen LogP contribution in [-0.2, 0) is 6.67 Å². The largest absolute Gasteiger partial charge is 0.285 e. The Bertz CT molecular complexity index is 177. The van der Waals surface area contributed by atoms with Gasteiger partial charge in [0.15, 0.2) is 0 Å². The molecule has 1 aromatic heterocycles. The van der Waals surface area contributed by atoms with Gasteiger partial charge in [0.2, 0.25) is 0 Å². The van der Waals surface area contributed by atoms with E-state index in [2.05, 4.69) is 23.8 Å². The second-order valence-electron chi connectivity index (χ2n) is 2.49. The van der Waals surface area contributed by atoms with E-state index in [0.29, 0.717) is 0 Å². The summed E-state index contributed by atoms with van der Waals surface area (Å²) in [5.74, 6) is 0. The van der Waals surface area contributed by atoms with Crippen LogP contribution < -0.4 is 0 Å². The summed E-state index contributed by atoms with van der Waals surface area (Å²) in [6.45, 7) is 7.38. The lowest BCUT2D eigenvalue weighted by atomic mass is 10.5. The molecule has 0 saturated heterocycles. The molecule has 1 heterocycles. The summed E-state index contributed by atoms with van der Waals surface area (Å²) in [4.78, 5) is 2.31. The number of hydrogen-bond acceptors (Lipinski definition) is 2. The Morgan fingerprint density at radius 2 is 2.09 bits per heavy atom. The van der Waals surface area contributed by atoms with Crippen molar-refractivity contribution < 1.29 is 0 Å². The third-order valence-electron chi connectivity index (χ3n) is 1.80. The predicted molar refractivity (Wildman–Crippen MR) is 45.1 cm³/mol. The van der Waals surface area contributed by atoms with E-state index in [-0.39, 0.29) is 0 Å². The van der Waals surface area contributed by atoms with Crippen molar-refractivity contribution >= 4 is 0 Å². The fourth-order valence-corrected chi connectivity index (χ4v) is 1.01. The average molecular weight is 153 g/mol. The van der Waals surface area contributed by atoms with Gasteiger partial charge in [-0.05, 0) is 19.2 Å². The molecule has 3 nitrogen and oxygen atoms in total. The molecular formula is C8H15N3. The summed E-state index contributed by atoms with van der Waals surface area (Å²) in [6, 6.07) is 1.95. The van der Waals surface area contributed by atoms with E-state index in [4.69, 9.17) is 0 Å². The second kappa shape index (κ2) is 4.13. The third-order valence-corrected chi connectivity index (χ3v) is 1.80. The molecular weight excluding hydrogens is 138 g/mol. The minimum atomic E-state index is 0.903. The van der Waals surface area contributed by atoms with Gasteiger partial charge >= 0.3 is 0 Å². The molecule has 0 aliphatic carbocycles. The van der Waals surface area contributed by atoms with Gasteiger partial charge < -0.3 is 0 Å². The molecule has 0 fully saturated rings. The highest BCUT2D eigenvalue weighted by molar-refractivity contribution is 4.77. The lowest BCUT2D eigenvalue weighted by Crippen LogP contribution is -2.25. The van der Waals surface area contributed by atoms with E-state index in [9.17, 15) is 0 Å². The molecule has 11 heavy (non-hydrogen) atoms. The summed E-state index contributed by atoms with van der Waals surface area (Å²) in [6.07, 6.45) is 3.79. The summed E-state index contributed by atoms with van der Waals surface area (Å²) < 4.78 is 1.94. The van der Waals surface area contributed by atoms with Crippen LogP contribution in [0.2, 0.25) is 0 Å². The minimum absolute atomic E-state index is 0.903. The lowest BCUT2D eigenvalue weighted by molar-refractivity contribution is 0.229. The van der Waals surface area contributed by atoms with E-state index >= 15 is 0 Å². The van der Waals surface area contributed by atoms with Crippen LogP contribution in [-0.4, -0.2) is 27.8 Å². The van der Waals surface area contributed by atoms with Crippen LogP contribution in [0.5, 0.6) is 0 Å². The Balaban J connectivity index is 2.41. The van der Waals surface area contributed by atoms with Gasteiger partial charge in [0.1, 0.15) is 0 Å². The molecule has 0 aliphatic rings. The van der Waals surface area contributed by atoms with Crippen molar-refractivity contribution in [2.75, 3.05) is 13.1 Å². The summed E-state index contributed by atoms with van der Waals surface area (Å²) in [5.41, 5.74) is 0. The van der Waals surface area contributed by atoms with E-state index < -0.39 is 0 Å². The van der Waals surface area contributed by atoms with Crippen LogP contribution in [0.4, 0.5) is 0 Å². The Labute approximate surface area is 67.6 Å². The molecule has 0 bridgehead atoms. The van der Waals surface area contributed by atoms with Crippen LogP contribution in [0.15, 0.2) is 18.5 Å². The summed E-state index contributed by atoms with van der Waals surface area (Å²) in [5, 5.41) is 4.13. The SMILES string of the molecule is CCN(CC)Cn1cccn1. The topological polar surface area (TPSA) is 21.1 Å². The molecule has 0 amide bonds. The lowest BCUT2D eigenvalue weighted by Gasteiger charge is -2.17. The van der Waals surface area contributed by atoms with Crippen molar-refractivity contribution in [1.82, 2.24) is 14.7 Å². The van der Waals surface area contributed by atoms with E-state index in [0.717, 1.165) is 19.8 Å². The molecule has 0 aliphatic heterocycles. The first kappa shape index (κ1) is 8.27. The monoisotopic (exact) mass is 153 g/mol. The highest BCUT2D eigenvalue weighted by Gasteiger charge is 1.97. The van der Waals surface area contributed by atoms with Crippen LogP contribution in [0, 0.1) is 0 Å². The zero-order valence-electron chi connectivity index (χ0n) is 7.20. The number of nitrogens with zero attached hydrogens (tertiary/aromatic N) is 3. The fraction of sp³-hybridized carbons (Fsp3) is 0.625. The number of rotatable bonds is 4. The van der Waals surface area contributed by atoms with Crippen LogP contribution in [0.25, 0.3) is 0 Å². The first-order valence-corrected chi connectivity index (χ1v) is 4.06. The van der Waals surface area contributed by atoms with E-state index in [1.165, 1.54) is 0 Å². The van der Waals surface area contributed by atoms with Crippen molar-refractivity contribution in [3.63, 3.8) is 0 Å². The van der Waals surface area contributed by atoms with Crippen molar-refractivity contribution in [2.24, 2.45) is 0 Å². The molecule has 3 heteroatoms. The molecule has 0 aromatic carbocycles. The Kier molecular flexibility index (Phi) is 3.11. The van der Waals surface area contributed by atoms with E-state index in [1.807, 2.05) is 23.1 Å². The zero-order valence-corrected chi connectivity index (χ0v) is 7.20. The minimum Gasteiger partial charge on any atom is -0.285 e. The fourth-order valence-electron chi connectivity index (χ4n) is 1.01. The number of aromatic nitrogens is 2. The van der Waals surface area contributed by atoms with Gasteiger partial charge in [0, 0.05) is 12.4 Å². The van der Waals surface area contributed by atoms with Crippen LogP contribution in [0.3, 0.4) is 0 Å². The third kappa shape index (κ3) is 2.35. The highest BCUT2D eigenvalue weighted by atomic mass is 15.4. The average Bonchev–Trinajstić information content (AvgIpc) is 2.52. The second-order valence-corrected chi connectivity index (χ2v) is 2.49. The van der Waals surface area contributed by atoms with Gasteiger partial charge in [-0.3, -0.25) is 9.58 Å². The van der Waals surface area contributed by atoms with Gasteiger partial charge in [-0.25, -0.2) is 0 Å². The maximum absolute atomic E-state index is 4.13. The Hall–Kier alpha value is -0.830. The normalized spacial score (nSPS) is 10.8. The Morgan fingerprint density at radius 3 is 2.55 bits per heavy atom. The van der Waals surface area contributed by atoms with Crippen molar-refractivity contribution in [2.45, 2.75) is 20.5 Å². The molecule has 0 spiro atoms. The molecule has 1 rings (SSSR count). The first-order valence-electron chi connectivity index (χ1n) is 4.06. The van der Waals surface area contributed by atoms with Crippen molar-refractivity contribution in [3.05, 3.63) is 18.5 Å². The quantitative estimate of drug-likeness (QED) is 0.647. The molecule has 0 unspecified atom stereocenters. The highest BCUT2D eigenvalue weighted by Crippen LogP contribution is 1.91. The smallest absolute Gasteiger partial charge is 0.0928 e. The van der Waals surface area contributed by atoms with Gasteiger partial charge in [0.05, 0.1) is 6.67 Å². The predicted octanol–water partition coefficient (Wildman–Crippen LogP) is 1.18. The summed E-state index contributed by atoms with van der Waals surface area (Å²) in [7, 11) is 0. The molecule has 0 N–H and O–H groups in total. The van der Waals surface area contributed by atoms with Crippen LogP contribution >= 0.6 is 0 Å². The maximum Gasteiger partial charge on any atom is 0.0928 e. The Morgan fingerprint density at radius 1 is 1.36 bits per heavy atom. The van der Waals surface area contributed by atoms with E-state index in [1.54, 1.807) is 0 Å². The molecule has 0 radical (unpaired) electrons. The standard InChI is InChI=1S/C8H15N3/c1-3-10(4-2)8-11-7-5-6-9-11/h5-7H,3-4,8H2,1-2H3. The summed E-state index contributed by atoms with van der Waals surface area (Å²) >= 11 is 0.